The van der Waals surface area contributed by atoms with Gasteiger partial charge in [-0.05, 0) is 43.0 Å². The first-order valence-electron chi connectivity index (χ1n) is 8.50. The molecule has 2 aromatic carbocycles. The lowest BCUT2D eigenvalue weighted by atomic mass is 9.93. The standard InChI is InChI=1S/C20H20N2O3/c1-25-17-5-3-2-4-16(17)20(9-10-20)19(24)22-14-7-6-13-8-11-21-18(23)15(13)12-14/h2-7,12H,8-11H2,1H3,(H,21,23)(H,22,24). The highest BCUT2D eigenvalue weighted by atomic mass is 16.5. The van der Waals surface area contributed by atoms with E-state index in [0.717, 1.165) is 36.1 Å². The number of hydrogen-bond acceptors (Lipinski definition) is 3. The Hall–Kier alpha value is -2.82. The van der Waals surface area contributed by atoms with E-state index in [1.807, 2.05) is 36.4 Å². The topological polar surface area (TPSA) is 67.4 Å². The smallest absolute Gasteiger partial charge is 0.251 e. The predicted octanol–water partition coefficient (Wildman–Crippen LogP) is 2.65. The molecule has 1 fully saturated rings. The van der Waals surface area contributed by atoms with Crippen molar-refractivity contribution in [1.29, 1.82) is 0 Å². The maximum atomic E-state index is 12.9. The molecule has 0 bridgehead atoms. The Morgan fingerprint density at radius 3 is 2.76 bits per heavy atom. The fourth-order valence-corrected chi connectivity index (χ4v) is 3.52. The summed E-state index contributed by atoms with van der Waals surface area (Å²) in [6.45, 7) is 0.661. The highest BCUT2D eigenvalue weighted by molar-refractivity contribution is 6.03. The van der Waals surface area contributed by atoms with Crippen LogP contribution in [-0.4, -0.2) is 25.5 Å². The lowest BCUT2D eigenvalue weighted by Gasteiger charge is -2.20. The minimum atomic E-state index is -0.537. The van der Waals surface area contributed by atoms with Gasteiger partial charge in [0.1, 0.15) is 5.75 Å². The van der Waals surface area contributed by atoms with Crippen molar-refractivity contribution in [3.63, 3.8) is 0 Å². The molecule has 0 saturated heterocycles. The maximum Gasteiger partial charge on any atom is 0.251 e. The van der Waals surface area contributed by atoms with Crippen molar-refractivity contribution in [2.75, 3.05) is 19.0 Å². The number of rotatable bonds is 4. The second-order valence-corrected chi connectivity index (χ2v) is 6.61. The molecule has 1 saturated carbocycles. The molecule has 25 heavy (non-hydrogen) atoms. The molecule has 2 amide bonds. The van der Waals surface area contributed by atoms with Gasteiger partial charge in [0.25, 0.3) is 5.91 Å². The molecule has 5 heteroatoms. The number of nitrogens with one attached hydrogen (secondary N) is 2. The summed E-state index contributed by atoms with van der Waals surface area (Å²) in [4.78, 5) is 24.9. The summed E-state index contributed by atoms with van der Waals surface area (Å²) in [6, 6.07) is 13.2. The molecular weight excluding hydrogens is 316 g/mol. The molecule has 1 aliphatic carbocycles. The van der Waals surface area contributed by atoms with Crippen LogP contribution in [0.15, 0.2) is 42.5 Å². The van der Waals surface area contributed by atoms with Crippen molar-refractivity contribution < 1.29 is 14.3 Å². The Morgan fingerprint density at radius 2 is 2.00 bits per heavy atom. The number of benzene rings is 2. The summed E-state index contributed by atoms with van der Waals surface area (Å²) < 4.78 is 5.43. The Bertz CT molecular complexity index is 856. The number of hydrogen-bond donors (Lipinski definition) is 2. The highest BCUT2D eigenvalue weighted by Crippen LogP contribution is 2.52. The van der Waals surface area contributed by atoms with Gasteiger partial charge in [-0.3, -0.25) is 9.59 Å². The van der Waals surface area contributed by atoms with Gasteiger partial charge in [0, 0.05) is 23.4 Å². The number of anilines is 1. The van der Waals surface area contributed by atoms with Crippen LogP contribution in [-0.2, 0) is 16.6 Å². The lowest BCUT2D eigenvalue weighted by molar-refractivity contribution is -0.118. The van der Waals surface area contributed by atoms with Crippen molar-refractivity contribution in [2.24, 2.45) is 0 Å². The SMILES string of the molecule is COc1ccccc1C1(C(=O)Nc2ccc3c(c2)C(=O)NCC3)CC1. The molecule has 128 valence electrons. The second kappa shape index (κ2) is 5.92. The summed E-state index contributed by atoms with van der Waals surface area (Å²) in [5.41, 5.74) is 2.71. The van der Waals surface area contributed by atoms with Crippen LogP contribution in [0.3, 0.4) is 0 Å². The Kier molecular flexibility index (Phi) is 3.71. The van der Waals surface area contributed by atoms with Crippen molar-refractivity contribution in [3.05, 3.63) is 59.2 Å². The zero-order valence-electron chi connectivity index (χ0n) is 14.1. The van der Waals surface area contributed by atoms with Gasteiger partial charge in [0.05, 0.1) is 12.5 Å². The minimum absolute atomic E-state index is 0.0480. The van der Waals surface area contributed by atoms with E-state index in [9.17, 15) is 9.59 Å². The Labute approximate surface area is 146 Å². The monoisotopic (exact) mass is 336 g/mol. The molecule has 1 aliphatic heterocycles. The zero-order chi connectivity index (χ0) is 17.4. The van der Waals surface area contributed by atoms with Gasteiger partial charge in [0.15, 0.2) is 0 Å². The summed E-state index contributed by atoms with van der Waals surface area (Å²) in [6.07, 6.45) is 2.41. The zero-order valence-corrected chi connectivity index (χ0v) is 14.1. The van der Waals surface area contributed by atoms with Crippen LogP contribution in [0.4, 0.5) is 5.69 Å². The molecule has 0 radical (unpaired) electrons. The van der Waals surface area contributed by atoms with Crippen LogP contribution >= 0.6 is 0 Å². The van der Waals surface area contributed by atoms with E-state index < -0.39 is 5.41 Å². The number of fused-ring (bicyclic) bond motifs is 1. The number of ether oxygens (including phenoxy) is 1. The lowest BCUT2D eigenvalue weighted by Crippen LogP contribution is -2.32. The van der Waals surface area contributed by atoms with Crippen molar-refractivity contribution in [3.8, 4) is 5.75 Å². The molecule has 2 aliphatic rings. The van der Waals surface area contributed by atoms with Gasteiger partial charge in [-0.2, -0.15) is 0 Å². The molecular formula is C20H20N2O3. The molecule has 1 heterocycles. The molecule has 0 atom stereocenters. The average molecular weight is 336 g/mol. The summed E-state index contributed by atoms with van der Waals surface area (Å²) in [5.74, 6) is 0.608. The van der Waals surface area contributed by atoms with E-state index in [1.54, 1.807) is 13.2 Å². The summed E-state index contributed by atoms with van der Waals surface area (Å²) >= 11 is 0. The van der Waals surface area contributed by atoms with Gasteiger partial charge >= 0.3 is 0 Å². The quantitative estimate of drug-likeness (QED) is 0.902. The van der Waals surface area contributed by atoms with E-state index in [-0.39, 0.29) is 11.8 Å². The van der Waals surface area contributed by atoms with E-state index in [2.05, 4.69) is 10.6 Å². The first-order chi connectivity index (χ1) is 12.1. The van der Waals surface area contributed by atoms with Crippen molar-refractivity contribution >= 4 is 17.5 Å². The molecule has 0 unspecified atom stereocenters. The Balaban J connectivity index is 1.60. The van der Waals surface area contributed by atoms with E-state index >= 15 is 0 Å². The molecule has 0 spiro atoms. The van der Waals surface area contributed by atoms with Crippen molar-refractivity contribution in [1.82, 2.24) is 5.32 Å². The predicted molar refractivity (Wildman–Crippen MR) is 95.0 cm³/mol. The molecule has 4 rings (SSSR count). The summed E-state index contributed by atoms with van der Waals surface area (Å²) in [7, 11) is 1.62. The van der Waals surface area contributed by atoms with Crippen LogP contribution in [0.1, 0.15) is 34.3 Å². The maximum absolute atomic E-state index is 12.9. The van der Waals surface area contributed by atoms with Crippen LogP contribution in [0.5, 0.6) is 5.75 Å². The van der Waals surface area contributed by atoms with Crippen LogP contribution in [0.2, 0.25) is 0 Å². The third-order valence-electron chi connectivity index (χ3n) is 5.10. The fraction of sp³-hybridized carbons (Fsp3) is 0.300. The molecule has 2 aromatic rings. The molecule has 5 nitrogen and oxygen atoms in total. The highest BCUT2D eigenvalue weighted by Gasteiger charge is 2.52. The number of carbonyl (C=O) groups is 2. The average Bonchev–Trinajstić information content (AvgIpc) is 3.44. The number of amides is 2. The fourth-order valence-electron chi connectivity index (χ4n) is 3.52. The van der Waals surface area contributed by atoms with Gasteiger partial charge in [-0.15, -0.1) is 0 Å². The van der Waals surface area contributed by atoms with Crippen LogP contribution in [0, 0.1) is 0 Å². The normalized spacial score (nSPS) is 17.2. The van der Waals surface area contributed by atoms with Crippen LogP contribution in [0.25, 0.3) is 0 Å². The third kappa shape index (κ3) is 2.65. The van der Waals surface area contributed by atoms with E-state index in [1.165, 1.54) is 0 Å². The summed E-state index contributed by atoms with van der Waals surface area (Å²) in [5, 5.41) is 5.82. The molecule has 0 aromatic heterocycles. The van der Waals surface area contributed by atoms with Gasteiger partial charge in [-0.1, -0.05) is 24.3 Å². The van der Waals surface area contributed by atoms with Gasteiger partial charge in [0.2, 0.25) is 5.91 Å². The minimum Gasteiger partial charge on any atom is -0.496 e. The van der Waals surface area contributed by atoms with E-state index in [0.29, 0.717) is 17.8 Å². The number of carbonyl (C=O) groups excluding carboxylic acids is 2. The number of para-hydroxylation sites is 1. The van der Waals surface area contributed by atoms with Gasteiger partial charge in [-0.25, -0.2) is 0 Å². The number of methoxy groups -OCH3 is 1. The van der Waals surface area contributed by atoms with Gasteiger partial charge < -0.3 is 15.4 Å². The third-order valence-corrected chi connectivity index (χ3v) is 5.10. The second-order valence-electron chi connectivity index (χ2n) is 6.61. The van der Waals surface area contributed by atoms with Crippen molar-refractivity contribution in [2.45, 2.75) is 24.7 Å². The van der Waals surface area contributed by atoms with E-state index in [4.69, 9.17) is 4.74 Å². The first-order valence-corrected chi connectivity index (χ1v) is 8.50. The molecule has 2 N–H and O–H groups in total. The Morgan fingerprint density at radius 1 is 1.20 bits per heavy atom. The van der Waals surface area contributed by atoms with Crippen LogP contribution < -0.4 is 15.4 Å². The largest absolute Gasteiger partial charge is 0.496 e. The first kappa shape index (κ1) is 15.7.